The Morgan fingerprint density at radius 3 is 2.86 bits per heavy atom. The van der Waals surface area contributed by atoms with Crippen molar-refractivity contribution in [3.05, 3.63) is 24.5 Å². The van der Waals surface area contributed by atoms with E-state index in [1.54, 1.807) is 12.4 Å². The fourth-order valence-electron chi connectivity index (χ4n) is 0.981. The molecule has 1 aromatic rings. The Kier molecular flexibility index (Phi) is 4.47. The van der Waals surface area contributed by atoms with Crippen LogP contribution in [0.3, 0.4) is 0 Å². The maximum absolute atomic E-state index is 5.56. The quantitative estimate of drug-likeness (QED) is 0.419. The lowest BCUT2D eigenvalue weighted by molar-refractivity contribution is 1.00. The summed E-state index contributed by atoms with van der Waals surface area (Å²) in [4.78, 5) is 8.10. The molecule has 3 N–H and O–H groups in total. The van der Waals surface area contributed by atoms with Crippen LogP contribution in [0.1, 0.15) is 13.3 Å². The predicted molar refractivity (Wildman–Crippen MR) is 59.5 cm³/mol. The number of rotatable bonds is 5. The molecule has 1 aromatic heterocycles. The van der Waals surface area contributed by atoms with Gasteiger partial charge < -0.3 is 11.1 Å². The van der Waals surface area contributed by atoms with Gasteiger partial charge in [-0.3, -0.25) is 9.98 Å². The van der Waals surface area contributed by atoms with Crippen LogP contribution < -0.4 is 11.1 Å². The summed E-state index contributed by atoms with van der Waals surface area (Å²) in [5.74, 6) is 0.710. The van der Waals surface area contributed by atoms with Crippen molar-refractivity contribution in [2.75, 3.05) is 18.4 Å². The zero-order valence-electron chi connectivity index (χ0n) is 8.40. The Bertz CT molecular complexity index is 281. The lowest BCUT2D eigenvalue weighted by Crippen LogP contribution is -2.13. The molecule has 0 amide bonds. The number of nitrogens with one attached hydrogen (secondary N) is 1. The molecule has 0 aliphatic carbocycles. The Morgan fingerprint density at radius 1 is 1.50 bits per heavy atom. The van der Waals surface area contributed by atoms with Crippen molar-refractivity contribution >= 4 is 11.5 Å². The highest BCUT2D eigenvalue weighted by atomic mass is 14.9. The standard InChI is InChI=1S/C10H16N4/c1-2-10(11)14-8-7-13-9-3-5-12-6-4-9/h3-6H,2,7-8H2,1H3,(H2,11,14)(H,12,13). The predicted octanol–water partition coefficient (Wildman–Crippen LogP) is 1.26. The van der Waals surface area contributed by atoms with Gasteiger partial charge in [-0.25, -0.2) is 0 Å². The molecule has 0 aliphatic heterocycles. The molecule has 0 fully saturated rings. The third-order valence-corrected chi connectivity index (χ3v) is 1.80. The van der Waals surface area contributed by atoms with Crippen LogP contribution in [0.15, 0.2) is 29.5 Å². The lowest BCUT2D eigenvalue weighted by Gasteiger charge is -2.03. The molecule has 0 bridgehead atoms. The molecule has 1 rings (SSSR count). The van der Waals surface area contributed by atoms with Crippen LogP contribution in [-0.4, -0.2) is 23.9 Å². The number of hydrogen-bond acceptors (Lipinski definition) is 3. The van der Waals surface area contributed by atoms with E-state index in [0.717, 1.165) is 18.7 Å². The van der Waals surface area contributed by atoms with Crippen LogP contribution in [0.4, 0.5) is 5.69 Å². The van der Waals surface area contributed by atoms with Crippen LogP contribution in [0.25, 0.3) is 0 Å². The van der Waals surface area contributed by atoms with E-state index in [0.29, 0.717) is 12.4 Å². The van der Waals surface area contributed by atoms with E-state index in [1.807, 2.05) is 19.1 Å². The van der Waals surface area contributed by atoms with Crippen molar-refractivity contribution < 1.29 is 0 Å². The Labute approximate surface area is 84.3 Å². The first kappa shape index (κ1) is 10.5. The average molecular weight is 192 g/mol. The third kappa shape index (κ3) is 3.89. The van der Waals surface area contributed by atoms with Gasteiger partial charge in [0.1, 0.15) is 0 Å². The van der Waals surface area contributed by atoms with E-state index in [1.165, 1.54) is 0 Å². The topological polar surface area (TPSA) is 63.3 Å². The molecular formula is C10H16N4. The minimum atomic E-state index is 0.710. The average Bonchev–Trinajstić information content (AvgIpc) is 2.25. The second kappa shape index (κ2) is 5.96. The van der Waals surface area contributed by atoms with E-state index in [4.69, 9.17) is 5.73 Å². The molecule has 0 radical (unpaired) electrons. The van der Waals surface area contributed by atoms with Crippen LogP contribution >= 0.6 is 0 Å². The van der Waals surface area contributed by atoms with Gasteiger partial charge in [-0.2, -0.15) is 0 Å². The summed E-state index contributed by atoms with van der Waals surface area (Å²) >= 11 is 0. The van der Waals surface area contributed by atoms with E-state index >= 15 is 0 Å². The van der Waals surface area contributed by atoms with E-state index in [2.05, 4.69) is 15.3 Å². The number of aliphatic imine (C=N–C) groups is 1. The molecule has 0 aliphatic rings. The lowest BCUT2D eigenvalue weighted by atomic mass is 10.4. The van der Waals surface area contributed by atoms with Crippen LogP contribution in [0.2, 0.25) is 0 Å². The largest absolute Gasteiger partial charge is 0.387 e. The molecule has 14 heavy (non-hydrogen) atoms. The number of amidine groups is 1. The number of nitrogens with zero attached hydrogens (tertiary/aromatic N) is 2. The molecule has 0 unspecified atom stereocenters. The molecule has 0 saturated carbocycles. The molecule has 4 heteroatoms. The highest BCUT2D eigenvalue weighted by molar-refractivity contribution is 5.79. The molecule has 4 nitrogen and oxygen atoms in total. The van der Waals surface area contributed by atoms with Gasteiger partial charge in [0.2, 0.25) is 0 Å². The Hall–Kier alpha value is -1.58. The fourth-order valence-corrected chi connectivity index (χ4v) is 0.981. The SMILES string of the molecule is CCC(N)=NCCNc1ccncc1. The Balaban J connectivity index is 2.23. The van der Waals surface area contributed by atoms with E-state index < -0.39 is 0 Å². The minimum Gasteiger partial charge on any atom is -0.387 e. The summed E-state index contributed by atoms with van der Waals surface area (Å²) in [6.07, 6.45) is 4.33. The van der Waals surface area contributed by atoms with Crippen LogP contribution in [0.5, 0.6) is 0 Å². The number of nitrogens with two attached hydrogens (primary N) is 1. The fraction of sp³-hybridized carbons (Fsp3) is 0.400. The first-order valence-electron chi connectivity index (χ1n) is 4.75. The molecule has 0 saturated heterocycles. The summed E-state index contributed by atoms with van der Waals surface area (Å²) in [6, 6.07) is 3.85. The van der Waals surface area contributed by atoms with Gasteiger partial charge >= 0.3 is 0 Å². The molecule has 0 atom stereocenters. The molecule has 1 heterocycles. The van der Waals surface area contributed by atoms with Crippen molar-refractivity contribution in [1.29, 1.82) is 0 Å². The summed E-state index contributed by atoms with van der Waals surface area (Å²) in [7, 11) is 0. The third-order valence-electron chi connectivity index (χ3n) is 1.80. The number of aromatic nitrogens is 1. The van der Waals surface area contributed by atoms with Gasteiger partial charge in [0, 0.05) is 31.0 Å². The first-order chi connectivity index (χ1) is 6.83. The maximum Gasteiger partial charge on any atom is 0.0935 e. The summed E-state index contributed by atoms with van der Waals surface area (Å²) in [6.45, 7) is 3.50. The summed E-state index contributed by atoms with van der Waals surface area (Å²) in [5, 5.41) is 3.22. The minimum absolute atomic E-state index is 0.710. The number of hydrogen-bond donors (Lipinski definition) is 2. The van der Waals surface area contributed by atoms with Crippen molar-refractivity contribution in [3.63, 3.8) is 0 Å². The van der Waals surface area contributed by atoms with E-state index in [9.17, 15) is 0 Å². The van der Waals surface area contributed by atoms with Gasteiger partial charge in [-0.1, -0.05) is 6.92 Å². The van der Waals surface area contributed by atoms with Gasteiger partial charge in [0.25, 0.3) is 0 Å². The summed E-state index contributed by atoms with van der Waals surface area (Å²) in [5.41, 5.74) is 6.63. The van der Waals surface area contributed by atoms with Crippen molar-refractivity contribution in [3.8, 4) is 0 Å². The second-order valence-corrected chi connectivity index (χ2v) is 2.89. The van der Waals surface area contributed by atoms with Gasteiger partial charge in [-0.05, 0) is 12.1 Å². The van der Waals surface area contributed by atoms with Crippen molar-refractivity contribution in [1.82, 2.24) is 4.98 Å². The normalized spacial score (nSPS) is 11.4. The van der Waals surface area contributed by atoms with Crippen molar-refractivity contribution in [2.45, 2.75) is 13.3 Å². The first-order valence-corrected chi connectivity index (χ1v) is 4.75. The van der Waals surface area contributed by atoms with Gasteiger partial charge in [0.15, 0.2) is 0 Å². The second-order valence-electron chi connectivity index (χ2n) is 2.89. The highest BCUT2D eigenvalue weighted by Gasteiger charge is 1.89. The maximum atomic E-state index is 5.56. The highest BCUT2D eigenvalue weighted by Crippen LogP contribution is 2.01. The smallest absolute Gasteiger partial charge is 0.0935 e. The Morgan fingerprint density at radius 2 is 2.21 bits per heavy atom. The van der Waals surface area contributed by atoms with Gasteiger partial charge in [-0.15, -0.1) is 0 Å². The van der Waals surface area contributed by atoms with Crippen molar-refractivity contribution in [2.24, 2.45) is 10.7 Å². The van der Waals surface area contributed by atoms with Crippen LogP contribution in [-0.2, 0) is 0 Å². The monoisotopic (exact) mass is 192 g/mol. The molecule has 0 spiro atoms. The van der Waals surface area contributed by atoms with E-state index in [-0.39, 0.29) is 0 Å². The number of anilines is 1. The molecule has 0 aromatic carbocycles. The molecule has 76 valence electrons. The summed E-state index contributed by atoms with van der Waals surface area (Å²) < 4.78 is 0. The zero-order valence-corrected chi connectivity index (χ0v) is 8.40. The number of pyridine rings is 1. The zero-order chi connectivity index (χ0) is 10.2. The van der Waals surface area contributed by atoms with Gasteiger partial charge in [0.05, 0.1) is 12.4 Å². The van der Waals surface area contributed by atoms with Crippen LogP contribution in [0, 0.1) is 0 Å². The molecular weight excluding hydrogens is 176 g/mol.